The second kappa shape index (κ2) is 5.61. The van der Waals surface area contributed by atoms with Crippen molar-refractivity contribution < 1.29 is 4.74 Å². The molecule has 0 amide bonds. The van der Waals surface area contributed by atoms with Crippen molar-refractivity contribution in [2.75, 3.05) is 31.6 Å². The highest BCUT2D eigenvalue weighted by Gasteiger charge is 2.22. The Bertz CT molecular complexity index is 384. The highest BCUT2D eigenvalue weighted by atomic mass is 35.5. The summed E-state index contributed by atoms with van der Waals surface area (Å²) in [4.78, 5) is 2.36. The molecular weight excluding hydrogens is 236 g/mol. The van der Waals surface area contributed by atoms with Gasteiger partial charge < -0.3 is 15.0 Å². The van der Waals surface area contributed by atoms with E-state index in [-0.39, 0.29) is 0 Å². The molecule has 0 aliphatic carbocycles. The fourth-order valence-electron chi connectivity index (χ4n) is 2.30. The van der Waals surface area contributed by atoms with Crippen LogP contribution in [0.25, 0.3) is 0 Å². The van der Waals surface area contributed by atoms with Gasteiger partial charge in [-0.25, -0.2) is 0 Å². The third-order valence-corrected chi connectivity index (χ3v) is 3.48. The van der Waals surface area contributed by atoms with Gasteiger partial charge in [-0.3, -0.25) is 0 Å². The molecule has 3 nitrogen and oxygen atoms in total. The predicted octanol–water partition coefficient (Wildman–Crippen LogP) is 2.54. The van der Waals surface area contributed by atoms with Gasteiger partial charge in [-0.05, 0) is 31.2 Å². The lowest BCUT2D eigenvalue weighted by Crippen LogP contribution is -2.32. The van der Waals surface area contributed by atoms with Crippen LogP contribution in [-0.2, 0) is 0 Å². The number of likely N-dealkylation sites (N-methyl/N-ethyl adjacent to an activating group) is 1. The lowest BCUT2D eigenvalue weighted by molar-refractivity contribution is 0.415. The number of hydrogen-bond donors (Lipinski definition) is 1. The summed E-state index contributed by atoms with van der Waals surface area (Å²) in [5.74, 6) is 0.734. The molecule has 4 heteroatoms. The second-order valence-corrected chi connectivity index (χ2v) is 4.72. The standard InChI is InChI=1S/C13H19ClN2O/c1-3-15-10-6-7-16(9-10)11-4-5-13(17-2)12(14)8-11/h4-5,8,10,15H,3,6-7,9H2,1-2H3. The fraction of sp³-hybridized carbons (Fsp3) is 0.538. The molecule has 2 rings (SSSR count). The molecule has 1 fully saturated rings. The first kappa shape index (κ1) is 12.5. The van der Waals surface area contributed by atoms with Crippen LogP contribution in [0.15, 0.2) is 18.2 Å². The largest absolute Gasteiger partial charge is 0.495 e. The zero-order valence-electron chi connectivity index (χ0n) is 10.4. The summed E-state index contributed by atoms with van der Waals surface area (Å²) in [5, 5.41) is 4.16. The highest BCUT2D eigenvalue weighted by Crippen LogP contribution is 2.30. The molecular formula is C13H19ClN2O. The minimum Gasteiger partial charge on any atom is -0.495 e. The van der Waals surface area contributed by atoms with Crippen LogP contribution in [0.3, 0.4) is 0 Å². The predicted molar refractivity (Wildman–Crippen MR) is 72.3 cm³/mol. The van der Waals surface area contributed by atoms with Crippen molar-refractivity contribution in [1.29, 1.82) is 0 Å². The number of ether oxygens (including phenoxy) is 1. The van der Waals surface area contributed by atoms with E-state index in [1.54, 1.807) is 7.11 Å². The van der Waals surface area contributed by atoms with Crippen LogP contribution in [0.4, 0.5) is 5.69 Å². The Morgan fingerprint density at radius 2 is 2.35 bits per heavy atom. The van der Waals surface area contributed by atoms with Crippen molar-refractivity contribution in [2.45, 2.75) is 19.4 Å². The molecule has 17 heavy (non-hydrogen) atoms. The number of halogens is 1. The van der Waals surface area contributed by atoms with Gasteiger partial charge in [-0.2, -0.15) is 0 Å². The molecule has 0 spiro atoms. The molecule has 0 aromatic heterocycles. The topological polar surface area (TPSA) is 24.5 Å². The van der Waals surface area contributed by atoms with Crippen molar-refractivity contribution in [3.63, 3.8) is 0 Å². The second-order valence-electron chi connectivity index (χ2n) is 4.31. The molecule has 0 bridgehead atoms. The number of rotatable bonds is 4. The van der Waals surface area contributed by atoms with Gasteiger partial charge in [0.2, 0.25) is 0 Å². The Kier molecular flexibility index (Phi) is 4.13. The molecule has 1 aliphatic rings. The average molecular weight is 255 g/mol. The first-order valence-corrected chi connectivity index (χ1v) is 6.44. The van der Waals surface area contributed by atoms with Gasteiger partial charge in [-0.15, -0.1) is 0 Å². The Morgan fingerprint density at radius 1 is 1.53 bits per heavy atom. The van der Waals surface area contributed by atoms with Crippen molar-refractivity contribution in [3.05, 3.63) is 23.2 Å². The van der Waals surface area contributed by atoms with Gasteiger partial charge in [-0.1, -0.05) is 18.5 Å². The van der Waals surface area contributed by atoms with Gasteiger partial charge in [0.05, 0.1) is 12.1 Å². The maximum atomic E-state index is 6.14. The van der Waals surface area contributed by atoms with Crippen LogP contribution in [0.5, 0.6) is 5.75 Å². The molecule has 1 atom stereocenters. The van der Waals surface area contributed by atoms with E-state index in [0.717, 1.165) is 25.4 Å². The summed E-state index contributed by atoms with van der Waals surface area (Å²) in [6, 6.07) is 6.58. The van der Waals surface area contributed by atoms with Crippen LogP contribution >= 0.6 is 11.6 Å². The zero-order valence-corrected chi connectivity index (χ0v) is 11.1. The van der Waals surface area contributed by atoms with Crippen molar-refractivity contribution in [3.8, 4) is 5.75 Å². The molecule has 1 saturated heterocycles. The van der Waals surface area contributed by atoms with Crippen LogP contribution in [0.2, 0.25) is 5.02 Å². The number of methoxy groups -OCH3 is 1. The number of benzene rings is 1. The molecule has 1 aromatic rings. The van der Waals surface area contributed by atoms with E-state index < -0.39 is 0 Å². The van der Waals surface area contributed by atoms with Crippen LogP contribution in [-0.4, -0.2) is 32.8 Å². The van der Waals surface area contributed by atoms with Gasteiger partial charge in [0.15, 0.2) is 0 Å². The molecule has 1 N–H and O–H groups in total. The van der Waals surface area contributed by atoms with Gasteiger partial charge >= 0.3 is 0 Å². The van der Waals surface area contributed by atoms with E-state index >= 15 is 0 Å². The summed E-state index contributed by atoms with van der Waals surface area (Å²) in [6.45, 7) is 5.31. The van der Waals surface area contributed by atoms with Crippen LogP contribution in [0, 0.1) is 0 Å². The quantitative estimate of drug-likeness (QED) is 0.894. The summed E-state index contributed by atoms with van der Waals surface area (Å²) in [7, 11) is 1.64. The first-order valence-electron chi connectivity index (χ1n) is 6.06. The summed E-state index contributed by atoms with van der Waals surface area (Å²) in [5.41, 5.74) is 1.18. The van der Waals surface area contributed by atoms with Gasteiger partial charge in [0.1, 0.15) is 5.75 Å². The average Bonchev–Trinajstić information content (AvgIpc) is 2.78. The summed E-state index contributed by atoms with van der Waals surface area (Å²) < 4.78 is 5.16. The van der Waals surface area contributed by atoms with E-state index in [1.165, 1.54) is 12.1 Å². The minimum atomic E-state index is 0.598. The van der Waals surface area contributed by atoms with Crippen molar-refractivity contribution in [1.82, 2.24) is 5.32 Å². The lowest BCUT2D eigenvalue weighted by atomic mass is 10.2. The van der Waals surface area contributed by atoms with Crippen LogP contribution < -0.4 is 15.0 Å². The Balaban J connectivity index is 2.06. The maximum Gasteiger partial charge on any atom is 0.137 e. The first-order chi connectivity index (χ1) is 8.24. The highest BCUT2D eigenvalue weighted by molar-refractivity contribution is 6.32. The third kappa shape index (κ3) is 2.85. The Morgan fingerprint density at radius 3 is 3.00 bits per heavy atom. The molecule has 1 aromatic carbocycles. The number of anilines is 1. The van der Waals surface area contributed by atoms with Crippen molar-refractivity contribution >= 4 is 17.3 Å². The third-order valence-electron chi connectivity index (χ3n) is 3.18. The van der Waals surface area contributed by atoms with Gasteiger partial charge in [0.25, 0.3) is 0 Å². The fourth-order valence-corrected chi connectivity index (χ4v) is 2.55. The van der Waals surface area contributed by atoms with Gasteiger partial charge in [0, 0.05) is 24.8 Å². The Hall–Kier alpha value is -0.930. The smallest absolute Gasteiger partial charge is 0.137 e. The minimum absolute atomic E-state index is 0.598. The normalized spacial score (nSPS) is 19.7. The van der Waals surface area contributed by atoms with Crippen molar-refractivity contribution in [2.24, 2.45) is 0 Å². The van der Waals surface area contributed by atoms with E-state index in [9.17, 15) is 0 Å². The van der Waals surface area contributed by atoms with E-state index in [2.05, 4.69) is 23.2 Å². The number of nitrogens with one attached hydrogen (secondary N) is 1. The number of hydrogen-bond acceptors (Lipinski definition) is 3. The van der Waals surface area contributed by atoms with E-state index in [4.69, 9.17) is 16.3 Å². The SMILES string of the molecule is CCNC1CCN(c2ccc(OC)c(Cl)c2)C1. The van der Waals surface area contributed by atoms with E-state index in [1.807, 2.05) is 12.1 Å². The molecule has 1 heterocycles. The summed E-state index contributed by atoms with van der Waals surface area (Å²) in [6.07, 6.45) is 1.19. The Labute approximate surface area is 108 Å². The monoisotopic (exact) mass is 254 g/mol. The zero-order chi connectivity index (χ0) is 12.3. The number of nitrogens with zero attached hydrogens (tertiary/aromatic N) is 1. The molecule has 1 unspecified atom stereocenters. The van der Waals surface area contributed by atoms with Crippen LogP contribution in [0.1, 0.15) is 13.3 Å². The molecule has 94 valence electrons. The molecule has 0 saturated carbocycles. The summed E-state index contributed by atoms with van der Waals surface area (Å²) >= 11 is 6.14. The molecule has 0 radical (unpaired) electrons. The van der Waals surface area contributed by atoms with E-state index in [0.29, 0.717) is 11.1 Å². The molecule has 1 aliphatic heterocycles. The lowest BCUT2D eigenvalue weighted by Gasteiger charge is -2.19. The maximum absolute atomic E-state index is 6.14.